The van der Waals surface area contributed by atoms with Gasteiger partial charge in [-0.05, 0) is 70.0 Å². The van der Waals surface area contributed by atoms with Gasteiger partial charge in [0.1, 0.15) is 13.1 Å². The van der Waals surface area contributed by atoms with Gasteiger partial charge in [-0.1, -0.05) is 259 Å². The van der Waals surface area contributed by atoms with E-state index in [1.807, 2.05) is 20.6 Å². The second-order valence-corrected chi connectivity index (χ2v) is 16.8. The van der Waals surface area contributed by atoms with Gasteiger partial charge in [0.2, 0.25) is 0 Å². The highest BCUT2D eigenvalue weighted by molar-refractivity contribution is 5.48. The molecule has 1 atom stereocenters. The molecule has 1 unspecified atom stereocenters. The fraction of sp³-hybridized carbons (Fsp3) is 0.965. The quantitative estimate of drug-likeness (QED) is 0.0551. The van der Waals surface area contributed by atoms with Gasteiger partial charge in [0.05, 0.1) is 0 Å². The van der Waals surface area contributed by atoms with Crippen molar-refractivity contribution < 1.29 is 24.5 Å². The van der Waals surface area contributed by atoms with Crippen molar-refractivity contribution in [3.05, 3.63) is 0 Å². The van der Waals surface area contributed by atoms with Gasteiger partial charge in [0.15, 0.2) is 0 Å². The van der Waals surface area contributed by atoms with Crippen molar-refractivity contribution in [2.75, 3.05) is 47.6 Å². The Balaban J connectivity index is -0.0000000604. The van der Waals surface area contributed by atoms with Crippen LogP contribution < -0.4 is 0 Å². The molecule has 6 nitrogen and oxygen atoms in total. The van der Waals surface area contributed by atoms with Crippen LogP contribution in [0.4, 0.5) is 0 Å². The van der Waals surface area contributed by atoms with E-state index in [2.05, 4.69) is 113 Å². The highest BCUT2D eigenvalue weighted by Crippen LogP contribution is 2.18. The number of rotatable bonds is 30. The summed E-state index contributed by atoms with van der Waals surface area (Å²) >= 11 is 0. The molecule has 396 valence electrons. The molecule has 0 amide bonds. The van der Waals surface area contributed by atoms with Crippen LogP contribution in [0.25, 0.3) is 0 Å². The van der Waals surface area contributed by atoms with Crippen molar-refractivity contribution in [2.45, 2.75) is 304 Å². The molecule has 0 aliphatic carbocycles. The zero-order chi connectivity index (χ0) is 51.5. The summed E-state index contributed by atoms with van der Waals surface area (Å²) < 4.78 is 4.25. The summed E-state index contributed by atoms with van der Waals surface area (Å²) in [5, 5.41) is 15.8. The lowest BCUT2D eigenvalue weighted by Gasteiger charge is -2.22. The minimum absolute atomic E-state index is 0.315. The summed E-state index contributed by atoms with van der Waals surface area (Å²) in [7, 11) is 4.25. The number of ether oxygens (including phenoxy) is 1. The highest BCUT2D eigenvalue weighted by Gasteiger charge is 2.04. The number of methoxy groups -OCH3 is 1. The molecular formula is C57H133NO5. The summed E-state index contributed by atoms with van der Waals surface area (Å²) in [5.41, 5.74) is 0. The Hall–Kier alpha value is -0.820. The van der Waals surface area contributed by atoms with E-state index < -0.39 is 0 Å². The Labute approximate surface area is 404 Å². The summed E-state index contributed by atoms with van der Waals surface area (Å²) in [6, 6.07) is 0. The lowest BCUT2D eigenvalue weighted by Crippen LogP contribution is -2.27. The Morgan fingerprint density at radius 1 is 0.460 bits per heavy atom. The Morgan fingerprint density at radius 3 is 0.984 bits per heavy atom. The average molecular weight is 913 g/mol. The fourth-order valence-electron chi connectivity index (χ4n) is 4.98. The SMILES string of the molecule is C=O.CC.CC(C)C.CCC.CCC.CCCC.CCCCC.CCCCCCCCC(C)CCCCCCC.CCCCCN(CCCCC=O)CCCCCO.CO.COC. The molecule has 0 bridgehead atoms. The number of aldehydes is 1. The van der Waals surface area contributed by atoms with Crippen molar-refractivity contribution in [1.29, 1.82) is 0 Å². The number of hydrogen-bond donors (Lipinski definition) is 2. The molecule has 0 saturated carbocycles. The van der Waals surface area contributed by atoms with Gasteiger partial charge in [0.25, 0.3) is 0 Å². The molecule has 0 aliphatic rings. The molecule has 0 saturated heterocycles. The molecule has 0 aromatic carbocycles. The van der Waals surface area contributed by atoms with Crippen LogP contribution >= 0.6 is 0 Å². The predicted molar refractivity (Wildman–Crippen MR) is 295 cm³/mol. The Morgan fingerprint density at radius 2 is 0.714 bits per heavy atom. The molecule has 0 fully saturated rings. The van der Waals surface area contributed by atoms with Gasteiger partial charge in [-0.25, -0.2) is 0 Å². The van der Waals surface area contributed by atoms with Gasteiger partial charge in [-0.15, -0.1) is 0 Å². The van der Waals surface area contributed by atoms with Crippen molar-refractivity contribution >= 4 is 13.1 Å². The maximum Gasteiger partial charge on any atom is 0.119 e. The second kappa shape index (κ2) is 119. The molecule has 0 heterocycles. The molecule has 2 N–H and O–H groups in total. The molecule has 63 heavy (non-hydrogen) atoms. The van der Waals surface area contributed by atoms with E-state index in [0.29, 0.717) is 13.0 Å². The summed E-state index contributed by atoms with van der Waals surface area (Å²) in [6.07, 6.45) is 39.0. The Bertz CT molecular complexity index is 539. The molecule has 0 rings (SSSR count). The van der Waals surface area contributed by atoms with Gasteiger partial charge < -0.3 is 29.4 Å². The van der Waals surface area contributed by atoms with E-state index in [1.54, 1.807) is 14.2 Å². The summed E-state index contributed by atoms with van der Waals surface area (Å²) in [4.78, 5) is 20.8. The zero-order valence-corrected chi connectivity index (χ0v) is 48.3. The fourth-order valence-corrected chi connectivity index (χ4v) is 4.98. The van der Waals surface area contributed by atoms with E-state index in [0.717, 1.165) is 64.0 Å². The van der Waals surface area contributed by atoms with Crippen molar-refractivity contribution in [3.8, 4) is 0 Å². The topological polar surface area (TPSA) is 87.1 Å². The Kier molecular flexibility index (Phi) is 168. The minimum Gasteiger partial charge on any atom is -0.400 e. The van der Waals surface area contributed by atoms with Gasteiger partial charge in [-0.3, -0.25) is 0 Å². The molecule has 0 aromatic rings. The third-order valence-corrected chi connectivity index (χ3v) is 8.31. The summed E-state index contributed by atoms with van der Waals surface area (Å²) in [5.74, 6) is 1.81. The van der Waals surface area contributed by atoms with Crippen LogP contribution in [0.3, 0.4) is 0 Å². The standard InChI is InChI=1S/C17H36.C15H31NO2.C5H12.2C4H10.2C3H8.C2H6O.C2H6.CH4O.CH2O/c1-4-6-8-10-12-14-16-17(3)15-13-11-9-7-5-2;1-2-3-6-11-16(12-7-4-9-14-17)13-8-5-10-15-18;1-3-5-4-2;1-4(2)3;1-3-4-2;3*1-3-2;3*1-2/h17H,4-16H2,1-3H3;14,18H,2-13,15H2,1H3;3-5H2,1-2H3;4H,1-3H3;3-4H2,1-2H3;2*3H2,1-2H3;1-2H3;1-2H3;2H,1H3;1H2. The molecule has 0 radical (unpaired) electrons. The first-order valence-electron chi connectivity index (χ1n) is 27.4. The van der Waals surface area contributed by atoms with Crippen molar-refractivity contribution in [1.82, 2.24) is 4.90 Å². The smallest absolute Gasteiger partial charge is 0.119 e. The maximum absolute atomic E-state index is 10.3. The van der Waals surface area contributed by atoms with Crippen LogP contribution in [0.2, 0.25) is 0 Å². The van der Waals surface area contributed by atoms with E-state index >= 15 is 0 Å². The summed E-state index contributed by atoms with van der Waals surface area (Å²) in [6.45, 7) is 42.8. The van der Waals surface area contributed by atoms with Gasteiger partial charge in [0, 0.05) is 34.4 Å². The van der Waals surface area contributed by atoms with E-state index in [9.17, 15) is 4.79 Å². The number of aliphatic hydroxyl groups excluding tert-OH is 2. The molecular weight excluding hydrogens is 779 g/mol. The molecule has 6 heteroatoms. The molecule has 0 aliphatic heterocycles. The van der Waals surface area contributed by atoms with Gasteiger partial charge in [-0.2, -0.15) is 0 Å². The minimum atomic E-state index is 0.315. The van der Waals surface area contributed by atoms with Crippen molar-refractivity contribution in [3.63, 3.8) is 0 Å². The first-order valence-corrected chi connectivity index (χ1v) is 27.4. The van der Waals surface area contributed by atoms with Crippen LogP contribution in [0.15, 0.2) is 0 Å². The lowest BCUT2D eigenvalue weighted by atomic mass is 9.96. The molecule has 0 spiro atoms. The third-order valence-electron chi connectivity index (χ3n) is 8.31. The highest BCUT2D eigenvalue weighted by atomic mass is 16.4. The number of nitrogens with zero attached hydrogens (tertiary/aromatic N) is 1. The van der Waals surface area contributed by atoms with Crippen LogP contribution in [-0.4, -0.2) is 75.8 Å². The lowest BCUT2D eigenvalue weighted by molar-refractivity contribution is -0.108. The predicted octanol–water partition coefficient (Wildman–Crippen LogP) is 19.0. The second-order valence-electron chi connectivity index (χ2n) is 16.8. The van der Waals surface area contributed by atoms with Crippen LogP contribution in [0.5, 0.6) is 0 Å². The number of unbranched alkanes of at least 4 members (excludes halogenated alkanes) is 18. The van der Waals surface area contributed by atoms with Gasteiger partial charge >= 0.3 is 0 Å². The number of carbonyl (C=O) groups is 2. The van der Waals surface area contributed by atoms with E-state index in [4.69, 9.17) is 15.0 Å². The largest absolute Gasteiger partial charge is 0.400 e. The maximum atomic E-state index is 10.3. The number of hydrogen-bond acceptors (Lipinski definition) is 6. The average Bonchev–Trinajstić information content (AvgIpc) is 3.28. The van der Waals surface area contributed by atoms with E-state index in [1.165, 1.54) is 161 Å². The monoisotopic (exact) mass is 912 g/mol. The first-order chi connectivity index (χ1) is 30.5. The number of carbonyl (C=O) groups excluding carboxylic acids is 2. The van der Waals surface area contributed by atoms with E-state index in [-0.39, 0.29) is 0 Å². The van der Waals surface area contributed by atoms with Crippen molar-refractivity contribution in [2.24, 2.45) is 11.8 Å². The van der Waals surface area contributed by atoms with Crippen LogP contribution in [-0.2, 0) is 14.3 Å². The third kappa shape index (κ3) is 183. The molecule has 0 aromatic heterocycles. The van der Waals surface area contributed by atoms with Crippen LogP contribution in [0.1, 0.15) is 304 Å². The van der Waals surface area contributed by atoms with Crippen LogP contribution in [0, 0.1) is 11.8 Å². The normalized spacial score (nSPS) is 9.46. The number of aliphatic hydroxyl groups is 2. The first kappa shape index (κ1) is 88.9. The zero-order valence-electron chi connectivity index (χ0n) is 48.3.